The van der Waals surface area contributed by atoms with Crippen molar-refractivity contribution in [2.45, 2.75) is 12.8 Å². The predicted octanol–water partition coefficient (Wildman–Crippen LogP) is 3.24. The van der Waals surface area contributed by atoms with Gasteiger partial charge in [0.2, 0.25) is 0 Å². The van der Waals surface area contributed by atoms with Gasteiger partial charge in [-0.15, -0.1) is 0 Å². The molecule has 102 valence electrons. The number of ketones is 1. The molecular weight excluding hydrogens is 259 g/mol. The summed E-state index contributed by atoms with van der Waals surface area (Å²) in [6.45, 7) is 1.56. The van der Waals surface area contributed by atoms with Crippen LogP contribution < -0.4 is 0 Å². The third kappa shape index (κ3) is 2.91. The number of carboxylic acids is 1. The summed E-state index contributed by atoms with van der Waals surface area (Å²) in [5, 5.41) is 8.99. The van der Waals surface area contributed by atoms with E-state index in [0.29, 0.717) is 16.7 Å². The molecule has 0 saturated heterocycles. The minimum absolute atomic E-state index is 0.260. The van der Waals surface area contributed by atoms with Gasteiger partial charge in [0.25, 0.3) is 0 Å². The highest BCUT2D eigenvalue weighted by molar-refractivity contribution is 6.09. The third-order valence-corrected chi connectivity index (χ3v) is 3.13. The Kier molecular flexibility index (Phi) is 3.94. The Labute approximate surface area is 115 Å². The van der Waals surface area contributed by atoms with E-state index in [-0.39, 0.29) is 5.78 Å². The second-order valence-electron chi connectivity index (χ2n) is 4.52. The second kappa shape index (κ2) is 5.65. The lowest BCUT2D eigenvalue weighted by Gasteiger charge is -2.08. The molecule has 0 aliphatic heterocycles. The molecule has 0 aliphatic carbocycles. The zero-order valence-corrected chi connectivity index (χ0v) is 10.8. The van der Waals surface area contributed by atoms with Crippen LogP contribution in [0.15, 0.2) is 48.5 Å². The zero-order chi connectivity index (χ0) is 14.7. The minimum Gasteiger partial charge on any atom is -0.481 e. The van der Waals surface area contributed by atoms with Crippen LogP contribution in [-0.2, 0) is 4.79 Å². The first-order valence-electron chi connectivity index (χ1n) is 6.12. The molecule has 0 spiro atoms. The van der Waals surface area contributed by atoms with Gasteiger partial charge in [-0.2, -0.15) is 0 Å². The van der Waals surface area contributed by atoms with Gasteiger partial charge in [-0.1, -0.05) is 18.2 Å². The van der Waals surface area contributed by atoms with Gasteiger partial charge in [0, 0.05) is 11.1 Å². The van der Waals surface area contributed by atoms with Crippen LogP contribution in [-0.4, -0.2) is 16.9 Å². The number of aliphatic carboxylic acids is 1. The van der Waals surface area contributed by atoms with Crippen molar-refractivity contribution in [2.24, 2.45) is 0 Å². The largest absolute Gasteiger partial charge is 0.481 e. The lowest BCUT2D eigenvalue weighted by molar-refractivity contribution is -0.138. The highest BCUT2D eigenvalue weighted by Gasteiger charge is 2.16. The van der Waals surface area contributed by atoms with Crippen molar-refractivity contribution >= 4 is 11.8 Å². The Morgan fingerprint density at radius 1 is 1.05 bits per heavy atom. The molecule has 0 aromatic heterocycles. The van der Waals surface area contributed by atoms with Gasteiger partial charge in [-0.05, 0) is 42.8 Å². The molecule has 0 bridgehead atoms. The van der Waals surface area contributed by atoms with Crippen molar-refractivity contribution < 1.29 is 19.1 Å². The molecule has 0 saturated carbocycles. The zero-order valence-electron chi connectivity index (χ0n) is 10.8. The summed E-state index contributed by atoms with van der Waals surface area (Å²) in [6, 6.07) is 11.7. The number of hydrogen-bond donors (Lipinski definition) is 1. The average molecular weight is 272 g/mol. The number of rotatable bonds is 4. The molecule has 2 aromatic carbocycles. The fourth-order valence-electron chi connectivity index (χ4n) is 1.86. The number of carbonyl (C=O) groups is 2. The van der Waals surface area contributed by atoms with Gasteiger partial charge in [0.15, 0.2) is 5.78 Å². The summed E-state index contributed by atoms with van der Waals surface area (Å²) in [5.74, 6) is -2.30. The Bertz CT molecular complexity index is 647. The highest BCUT2D eigenvalue weighted by Crippen LogP contribution is 2.19. The molecule has 2 aromatic rings. The molecule has 1 atom stereocenters. The van der Waals surface area contributed by atoms with Crippen LogP contribution in [0.5, 0.6) is 0 Å². The quantitative estimate of drug-likeness (QED) is 0.869. The maximum atomic E-state index is 12.8. The summed E-state index contributed by atoms with van der Waals surface area (Å²) in [7, 11) is 0. The van der Waals surface area contributed by atoms with E-state index in [2.05, 4.69) is 0 Å². The predicted molar refractivity (Wildman–Crippen MR) is 72.3 cm³/mol. The SMILES string of the molecule is CC(C(=O)O)c1cccc(C(=O)c2ccc(F)cc2)c1. The Morgan fingerprint density at radius 3 is 2.30 bits per heavy atom. The summed E-state index contributed by atoms with van der Waals surface area (Å²) in [4.78, 5) is 23.2. The van der Waals surface area contributed by atoms with E-state index in [1.165, 1.54) is 24.3 Å². The summed E-state index contributed by atoms with van der Waals surface area (Å²) < 4.78 is 12.8. The van der Waals surface area contributed by atoms with E-state index in [1.54, 1.807) is 31.2 Å². The maximum Gasteiger partial charge on any atom is 0.310 e. The minimum atomic E-state index is -0.948. The van der Waals surface area contributed by atoms with Crippen molar-refractivity contribution in [3.63, 3.8) is 0 Å². The van der Waals surface area contributed by atoms with Crippen LogP contribution >= 0.6 is 0 Å². The monoisotopic (exact) mass is 272 g/mol. The Balaban J connectivity index is 2.33. The molecule has 0 fully saturated rings. The van der Waals surface area contributed by atoms with Crippen LogP contribution in [0.4, 0.5) is 4.39 Å². The maximum absolute atomic E-state index is 12.8. The molecule has 1 N–H and O–H groups in total. The molecule has 20 heavy (non-hydrogen) atoms. The topological polar surface area (TPSA) is 54.4 Å². The second-order valence-corrected chi connectivity index (χ2v) is 4.52. The molecular formula is C16H13FO3. The molecule has 0 aliphatic rings. The van der Waals surface area contributed by atoms with E-state index in [4.69, 9.17) is 5.11 Å². The number of benzene rings is 2. The van der Waals surface area contributed by atoms with E-state index >= 15 is 0 Å². The Hall–Kier alpha value is -2.49. The molecule has 0 amide bonds. The number of carboxylic acid groups (broad SMARTS) is 1. The van der Waals surface area contributed by atoms with Gasteiger partial charge < -0.3 is 5.11 Å². The highest BCUT2D eigenvalue weighted by atomic mass is 19.1. The van der Waals surface area contributed by atoms with E-state index in [0.717, 1.165) is 0 Å². The van der Waals surface area contributed by atoms with Crippen molar-refractivity contribution in [3.05, 3.63) is 71.0 Å². The van der Waals surface area contributed by atoms with E-state index < -0.39 is 17.7 Å². The van der Waals surface area contributed by atoms with Crippen LogP contribution in [0.2, 0.25) is 0 Å². The molecule has 0 heterocycles. The lowest BCUT2D eigenvalue weighted by Crippen LogP contribution is -2.09. The van der Waals surface area contributed by atoms with E-state index in [9.17, 15) is 14.0 Å². The fourth-order valence-corrected chi connectivity index (χ4v) is 1.86. The standard InChI is InChI=1S/C16H13FO3/c1-10(16(19)20)12-3-2-4-13(9-12)15(18)11-5-7-14(17)8-6-11/h2-10H,1H3,(H,19,20). The van der Waals surface area contributed by atoms with Crippen LogP contribution in [0, 0.1) is 5.82 Å². The normalized spacial score (nSPS) is 11.9. The first-order valence-corrected chi connectivity index (χ1v) is 6.12. The first kappa shape index (κ1) is 13.9. The summed E-state index contributed by atoms with van der Waals surface area (Å²) >= 11 is 0. The molecule has 1 unspecified atom stereocenters. The summed E-state index contributed by atoms with van der Waals surface area (Å²) in [5.41, 5.74) is 1.32. The van der Waals surface area contributed by atoms with Gasteiger partial charge in [0.1, 0.15) is 5.82 Å². The fraction of sp³-hybridized carbons (Fsp3) is 0.125. The van der Waals surface area contributed by atoms with Gasteiger partial charge >= 0.3 is 5.97 Å². The van der Waals surface area contributed by atoms with Gasteiger partial charge in [0.05, 0.1) is 5.92 Å². The van der Waals surface area contributed by atoms with Crippen LogP contribution in [0.1, 0.15) is 34.3 Å². The van der Waals surface area contributed by atoms with Crippen LogP contribution in [0.3, 0.4) is 0 Å². The first-order chi connectivity index (χ1) is 9.49. The van der Waals surface area contributed by atoms with Crippen molar-refractivity contribution in [2.75, 3.05) is 0 Å². The molecule has 4 heteroatoms. The number of halogens is 1. The lowest BCUT2D eigenvalue weighted by atomic mass is 9.96. The molecule has 3 nitrogen and oxygen atoms in total. The van der Waals surface area contributed by atoms with Gasteiger partial charge in [-0.25, -0.2) is 4.39 Å². The summed E-state index contributed by atoms with van der Waals surface area (Å²) in [6.07, 6.45) is 0. The Morgan fingerprint density at radius 2 is 1.70 bits per heavy atom. The van der Waals surface area contributed by atoms with Crippen molar-refractivity contribution in [3.8, 4) is 0 Å². The van der Waals surface area contributed by atoms with E-state index in [1.807, 2.05) is 0 Å². The molecule has 0 radical (unpaired) electrons. The van der Waals surface area contributed by atoms with Crippen molar-refractivity contribution in [1.82, 2.24) is 0 Å². The van der Waals surface area contributed by atoms with Gasteiger partial charge in [-0.3, -0.25) is 9.59 Å². The molecule has 2 rings (SSSR count). The third-order valence-electron chi connectivity index (χ3n) is 3.13. The number of hydrogen-bond acceptors (Lipinski definition) is 2. The van der Waals surface area contributed by atoms with Crippen LogP contribution in [0.25, 0.3) is 0 Å². The average Bonchev–Trinajstić information content (AvgIpc) is 2.46. The number of carbonyl (C=O) groups excluding carboxylic acids is 1. The van der Waals surface area contributed by atoms with Crippen molar-refractivity contribution in [1.29, 1.82) is 0 Å². The smallest absolute Gasteiger partial charge is 0.310 e.